The summed E-state index contributed by atoms with van der Waals surface area (Å²) < 4.78 is 0.817. The Labute approximate surface area is 128 Å². The minimum absolute atomic E-state index is 0.0873. The van der Waals surface area contributed by atoms with Gasteiger partial charge in [-0.05, 0) is 52.9 Å². The molecule has 0 aromatic heterocycles. The highest BCUT2D eigenvalue weighted by atomic mass is 79.9. The molecule has 0 unspecified atom stereocenters. The van der Waals surface area contributed by atoms with Crippen LogP contribution in [0.1, 0.15) is 43.0 Å². The molecule has 0 atom stereocenters. The average molecular weight is 345 g/mol. The summed E-state index contributed by atoms with van der Waals surface area (Å²) in [5.41, 5.74) is 0.668. The number of hydrogen-bond acceptors (Lipinski definition) is 1. The minimum Gasteiger partial charge on any atom is -0.339 e. The van der Waals surface area contributed by atoms with Crippen molar-refractivity contribution in [3.63, 3.8) is 0 Å². The Morgan fingerprint density at radius 3 is 2.74 bits per heavy atom. The van der Waals surface area contributed by atoms with Crippen molar-refractivity contribution in [2.24, 2.45) is 5.92 Å². The lowest BCUT2D eigenvalue weighted by molar-refractivity contribution is 0.0685. The monoisotopic (exact) mass is 343 g/mol. The smallest absolute Gasteiger partial charge is 0.255 e. The zero-order chi connectivity index (χ0) is 13.8. The van der Waals surface area contributed by atoms with Crippen LogP contribution in [-0.4, -0.2) is 23.9 Å². The van der Waals surface area contributed by atoms with E-state index in [1.54, 1.807) is 12.1 Å². The molecule has 1 amide bonds. The van der Waals surface area contributed by atoms with Crippen LogP contribution in [-0.2, 0) is 0 Å². The number of benzene rings is 1. The molecule has 1 aromatic rings. The molecule has 1 aromatic carbocycles. The molecule has 4 heteroatoms. The number of likely N-dealkylation sites (tertiary alicyclic amines) is 1. The Balaban J connectivity index is 2.03. The van der Waals surface area contributed by atoms with Gasteiger partial charge in [-0.1, -0.05) is 31.4 Å². The summed E-state index contributed by atoms with van der Waals surface area (Å²) in [4.78, 5) is 14.4. The van der Waals surface area contributed by atoms with E-state index in [-0.39, 0.29) is 5.91 Å². The molecule has 1 fully saturated rings. The molecule has 19 heavy (non-hydrogen) atoms. The molecule has 2 rings (SSSR count). The van der Waals surface area contributed by atoms with Crippen LogP contribution < -0.4 is 0 Å². The Hall–Kier alpha value is -0.540. The minimum atomic E-state index is 0.0873. The van der Waals surface area contributed by atoms with E-state index in [9.17, 15) is 4.79 Å². The molecule has 1 heterocycles. The van der Waals surface area contributed by atoms with E-state index in [4.69, 9.17) is 11.6 Å². The highest BCUT2D eigenvalue weighted by molar-refractivity contribution is 9.10. The zero-order valence-corrected chi connectivity index (χ0v) is 13.5. The second kappa shape index (κ2) is 6.76. The maximum Gasteiger partial charge on any atom is 0.255 e. The molecular weight excluding hydrogens is 326 g/mol. The van der Waals surface area contributed by atoms with Crippen LogP contribution in [0.2, 0.25) is 5.02 Å². The van der Waals surface area contributed by atoms with Gasteiger partial charge in [0.25, 0.3) is 5.91 Å². The molecule has 0 spiro atoms. The molecule has 0 radical (unpaired) electrons. The number of carbonyl (C=O) groups excluding carboxylic acids is 1. The van der Waals surface area contributed by atoms with Crippen molar-refractivity contribution in [1.29, 1.82) is 0 Å². The van der Waals surface area contributed by atoms with E-state index in [1.807, 2.05) is 11.0 Å². The van der Waals surface area contributed by atoms with Crippen molar-refractivity contribution >= 4 is 33.4 Å². The van der Waals surface area contributed by atoms with Crippen LogP contribution in [0.5, 0.6) is 0 Å². The highest BCUT2D eigenvalue weighted by Crippen LogP contribution is 2.26. The van der Waals surface area contributed by atoms with Crippen molar-refractivity contribution in [1.82, 2.24) is 4.90 Å². The third kappa shape index (κ3) is 3.73. The van der Waals surface area contributed by atoms with E-state index in [1.165, 1.54) is 12.8 Å². The number of piperidine rings is 1. The fraction of sp³-hybridized carbons (Fsp3) is 0.533. The normalized spacial score (nSPS) is 16.7. The molecule has 0 bridgehead atoms. The quantitative estimate of drug-likeness (QED) is 0.774. The van der Waals surface area contributed by atoms with Crippen molar-refractivity contribution in [2.75, 3.05) is 13.1 Å². The number of halogens is 2. The predicted octanol–water partition coefficient (Wildman–Crippen LogP) is 4.75. The summed E-state index contributed by atoms with van der Waals surface area (Å²) in [5, 5.41) is 0.604. The van der Waals surface area contributed by atoms with Gasteiger partial charge >= 0.3 is 0 Å². The summed E-state index contributed by atoms with van der Waals surface area (Å²) in [6, 6.07) is 5.36. The van der Waals surface area contributed by atoms with Gasteiger partial charge in [0, 0.05) is 22.6 Å². The first-order chi connectivity index (χ1) is 9.11. The van der Waals surface area contributed by atoms with Crippen LogP contribution in [0.3, 0.4) is 0 Å². The van der Waals surface area contributed by atoms with Gasteiger partial charge in [0.05, 0.1) is 5.56 Å². The topological polar surface area (TPSA) is 20.3 Å². The zero-order valence-electron chi connectivity index (χ0n) is 11.2. The van der Waals surface area contributed by atoms with Gasteiger partial charge in [0.15, 0.2) is 0 Å². The van der Waals surface area contributed by atoms with Crippen molar-refractivity contribution in [2.45, 2.75) is 32.6 Å². The number of carbonyl (C=O) groups is 1. The summed E-state index contributed by atoms with van der Waals surface area (Å²) in [6.45, 7) is 3.95. The van der Waals surface area contributed by atoms with Crippen LogP contribution >= 0.6 is 27.5 Å². The number of rotatable bonds is 3. The Morgan fingerprint density at radius 2 is 2.11 bits per heavy atom. The Morgan fingerprint density at radius 1 is 1.42 bits per heavy atom. The maximum atomic E-state index is 12.5. The average Bonchev–Trinajstić information content (AvgIpc) is 2.42. The van der Waals surface area contributed by atoms with Crippen molar-refractivity contribution in [3.8, 4) is 0 Å². The van der Waals surface area contributed by atoms with Crippen LogP contribution in [0, 0.1) is 5.92 Å². The third-order valence-electron chi connectivity index (χ3n) is 3.76. The van der Waals surface area contributed by atoms with Gasteiger partial charge in [-0.3, -0.25) is 4.79 Å². The first kappa shape index (κ1) is 14.9. The summed E-state index contributed by atoms with van der Waals surface area (Å²) >= 11 is 9.40. The number of amides is 1. The standard InChI is InChI=1S/C15H19BrClNO/c1-2-3-11-6-8-18(9-7-11)15(19)13-10-12(17)4-5-14(13)16/h4-5,10-11H,2-3,6-9H2,1H3. The summed E-state index contributed by atoms with van der Waals surface area (Å²) in [5.74, 6) is 0.876. The SMILES string of the molecule is CCCC1CCN(C(=O)c2cc(Cl)ccc2Br)CC1. The van der Waals surface area contributed by atoms with Crippen LogP contribution in [0.25, 0.3) is 0 Å². The Kier molecular flexibility index (Phi) is 5.28. The second-order valence-electron chi connectivity index (χ2n) is 5.15. The van der Waals surface area contributed by atoms with Crippen molar-refractivity contribution in [3.05, 3.63) is 33.3 Å². The number of hydrogen-bond donors (Lipinski definition) is 0. The highest BCUT2D eigenvalue weighted by Gasteiger charge is 2.24. The van der Waals surface area contributed by atoms with E-state index in [0.29, 0.717) is 10.6 Å². The molecule has 0 N–H and O–H groups in total. The molecule has 0 aliphatic carbocycles. The van der Waals surface area contributed by atoms with Gasteiger partial charge in [-0.15, -0.1) is 0 Å². The lowest BCUT2D eigenvalue weighted by atomic mass is 9.92. The third-order valence-corrected chi connectivity index (χ3v) is 4.68. The molecule has 0 saturated carbocycles. The largest absolute Gasteiger partial charge is 0.339 e. The fourth-order valence-electron chi connectivity index (χ4n) is 2.66. The van der Waals surface area contributed by atoms with E-state index in [2.05, 4.69) is 22.9 Å². The second-order valence-corrected chi connectivity index (χ2v) is 6.44. The lowest BCUT2D eigenvalue weighted by Crippen LogP contribution is -2.38. The van der Waals surface area contributed by atoms with Crippen LogP contribution in [0.4, 0.5) is 0 Å². The van der Waals surface area contributed by atoms with Gasteiger partial charge < -0.3 is 4.90 Å². The van der Waals surface area contributed by atoms with E-state index >= 15 is 0 Å². The first-order valence-corrected chi connectivity index (χ1v) is 8.03. The predicted molar refractivity (Wildman–Crippen MR) is 82.7 cm³/mol. The van der Waals surface area contributed by atoms with Gasteiger partial charge in [0.2, 0.25) is 0 Å². The molecule has 1 saturated heterocycles. The Bertz CT molecular complexity index is 455. The van der Waals surface area contributed by atoms with E-state index < -0.39 is 0 Å². The molecular formula is C15H19BrClNO. The maximum absolute atomic E-state index is 12.5. The summed E-state index contributed by atoms with van der Waals surface area (Å²) in [6.07, 6.45) is 4.76. The molecule has 1 aliphatic rings. The lowest BCUT2D eigenvalue weighted by Gasteiger charge is -2.32. The van der Waals surface area contributed by atoms with Crippen LogP contribution in [0.15, 0.2) is 22.7 Å². The van der Waals surface area contributed by atoms with Crippen molar-refractivity contribution < 1.29 is 4.79 Å². The first-order valence-electron chi connectivity index (χ1n) is 6.86. The van der Waals surface area contributed by atoms with Gasteiger partial charge in [-0.2, -0.15) is 0 Å². The fourth-order valence-corrected chi connectivity index (χ4v) is 3.25. The molecule has 2 nitrogen and oxygen atoms in total. The molecule has 1 aliphatic heterocycles. The van der Waals surface area contributed by atoms with Gasteiger partial charge in [0.1, 0.15) is 0 Å². The van der Waals surface area contributed by atoms with Gasteiger partial charge in [-0.25, -0.2) is 0 Å². The number of nitrogens with zero attached hydrogens (tertiary/aromatic N) is 1. The summed E-state index contributed by atoms with van der Waals surface area (Å²) in [7, 11) is 0. The van der Waals surface area contributed by atoms with E-state index in [0.717, 1.165) is 36.3 Å². The molecule has 104 valence electrons.